The molecule has 0 bridgehead atoms. The van der Waals surface area contributed by atoms with Crippen molar-refractivity contribution in [1.82, 2.24) is 4.90 Å². The second-order valence-corrected chi connectivity index (χ2v) is 6.71. The summed E-state index contributed by atoms with van der Waals surface area (Å²) in [6, 6.07) is 5.67. The molecule has 1 aromatic rings. The third kappa shape index (κ3) is 6.65. The van der Waals surface area contributed by atoms with Gasteiger partial charge in [-0.1, -0.05) is 33.8 Å². The van der Waals surface area contributed by atoms with Crippen molar-refractivity contribution in [2.75, 3.05) is 26.8 Å². The molecule has 0 saturated heterocycles. The van der Waals surface area contributed by atoms with Gasteiger partial charge in [0.1, 0.15) is 0 Å². The van der Waals surface area contributed by atoms with E-state index in [1.54, 1.807) is 13.2 Å². The third-order valence-electron chi connectivity index (χ3n) is 3.39. The highest BCUT2D eigenvalue weighted by atomic mass is 16.5. The Kier molecular flexibility index (Phi) is 8.37. The van der Waals surface area contributed by atoms with Gasteiger partial charge in [-0.15, -0.1) is 0 Å². The fraction of sp³-hybridized carbons (Fsp3) is 0.550. The molecule has 0 aliphatic rings. The molecule has 1 rings (SSSR count). The molecule has 0 radical (unpaired) electrons. The van der Waals surface area contributed by atoms with Gasteiger partial charge in [0.15, 0.2) is 11.5 Å². The quantitative estimate of drug-likeness (QED) is 0.634. The second kappa shape index (κ2) is 10.0. The number of hydrogen-bond acceptors (Lipinski definition) is 3. The van der Waals surface area contributed by atoms with Gasteiger partial charge in [-0.2, -0.15) is 0 Å². The number of rotatable bonds is 9. The normalized spacial score (nSPS) is 11.3. The first-order chi connectivity index (χ1) is 11.4. The van der Waals surface area contributed by atoms with Crippen molar-refractivity contribution in [2.45, 2.75) is 34.6 Å². The summed E-state index contributed by atoms with van der Waals surface area (Å²) in [5.74, 6) is 2.33. The molecule has 0 spiro atoms. The molecule has 0 aliphatic heterocycles. The summed E-state index contributed by atoms with van der Waals surface area (Å²) < 4.78 is 10.9. The summed E-state index contributed by atoms with van der Waals surface area (Å²) in [6.45, 7) is 12.6. The molecule has 0 heterocycles. The molecule has 134 valence electrons. The minimum absolute atomic E-state index is 0.0465. The van der Waals surface area contributed by atoms with E-state index in [9.17, 15) is 4.79 Å². The van der Waals surface area contributed by atoms with Crippen LogP contribution in [0.2, 0.25) is 0 Å². The van der Waals surface area contributed by atoms with Crippen LogP contribution in [0.3, 0.4) is 0 Å². The third-order valence-corrected chi connectivity index (χ3v) is 3.39. The van der Waals surface area contributed by atoms with E-state index < -0.39 is 0 Å². The Balaban J connectivity index is 2.87. The van der Waals surface area contributed by atoms with Crippen LogP contribution in [0.5, 0.6) is 11.5 Å². The summed E-state index contributed by atoms with van der Waals surface area (Å²) in [4.78, 5) is 14.4. The first kappa shape index (κ1) is 20.1. The molecule has 0 fully saturated rings. The van der Waals surface area contributed by atoms with Crippen LogP contribution < -0.4 is 9.47 Å². The molecular formula is C20H31NO3. The average Bonchev–Trinajstić information content (AvgIpc) is 2.52. The van der Waals surface area contributed by atoms with Gasteiger partial charge in [0.05, 0.1) is 13.7 Å². The van der Waals surface area contributed by atoms with E-state index in [2.05, 4.69) is 27.7 Å². The van der Waals surface area contributed by atoms with E-state index in [0.717, 1.165) is 18.7 Å². The van der Waals surface area contributed by atoms with Crippen molar-refractivity contribution >= 4 is 12.0 Å². The number of carbonyl (C=O) groups excluding carboxylic acids is 1. The molecule has 0 atom stereocenters. The maximum Gasteiger partial charge on any atom is 0.246 e. The van der Waals surface area contributed by atoms with Crippen molar-refractivity contribution < 1.29 is 14.3 Å². The highest BCUT2D eigenvalue weighted by Crippen LogP contribution is 2.28. The van der Waals surface area contributed by atoms with Crippen molar-refractivity contribution in [3.8, 4) is 11.5 Å². The summed E-state index contributed by atoms with van der Waals surface area (Å²) in [5, 5.41) is 0. The van der Waals surface area contributed by atoms with E-state index >= 15 is 0 Å². The Morgan fingerprint density at radius 1 is 1.12 bits per heavy atom. The van der Waals surface area contributed by atoms with E-state index in [4.69, 9.17) is 9.47 Å². The van der Waals surface area contributed by atoms with Gasteiger partial charge in [0.2, 0.25) is 5.91 Å². The van der Waals surface area contributed by atoms with Gasteiger partial charge < -0.3 is 14.4 Å². The molecule has 0 unspecified atom stereocenters. The number of nitrogens with zero attached hydrogens (tertiary/aromatic N) is 1. The molecule has 0 aromatic heterocycles. The fourth-order valence-corrected chi connectivity index (χ4v) is 2.47. The Bertz CT molecular complexity index is 540. The van der Waals surface area contributed by atoms with Crippen LogP contribution in [0.25, 0.3) is 6.08 Å². The van der Waals surface area contributed by atoms with Crippen LogP contribution in [-0.4, -0.2) is 37.6 Å². The minimum atomic E-state index is 0.0465. The van der Waals surface area contributed by atoms with Crippen molar-refractivity contribution in [3.63, 3.8) is 0 Å². The fourth-order valence-electron chi connectivity index (χ4n) is 2.47. The Morgan fingerprint density at radius 2 is 1.75 bits per heavy atom. The maximum atomic E-state index is 12.5. The van der Waals surface area contributed by atoms with Crippen molar-refractivity contribution in [2.24, 2.45) is 11.8 Å². The van der Waals surface area contributed by atoms with Crippen LogP contribution in [-0.2, 0) is 4.79 Å². The largest absolute Gasteiger partial charge is 0.493 e. The smallest absolute Gasteiger partial charge is 0.246 e. The average molecular weight is 333 g/mol. The number of carbonyl (C=O) groups is 1. The summed E-state index contributed by atoms with van der Waals surface area (Å²) in [7, 11) is 1.61. The number of ether oxygens (including phenoxy) is 2. The lowest BCUT2D eigenvalue weighted by Gasteiger charge is -2.25. The SMILES string of the molecule is CCOc1ccc(C=CC(=O)N(CC(C)C)CC(C)C)cc1OC. The number of methoxy groups -OCH3 is 1. The summed E-state index contributed by atoms with van der Waals surface area (Å²) in [5.41, 5.74) is 0.915. The number of hydrogen-bond donors (Lipinski definition) is 0. The summed E-state index contributed by atoms with van der Waals surface area (Å²) >= 11 is 0. The highest BCUT2D eigenvalue weighted by molar-refractivity contribution is 5.91. The van der Waals surface area contributed by atoms with E-state index in [1.807, 2.05) is 36.1 Å². The van der Waals surface area contributed by atoms with Gasteiger partial charge >= 0.3 is 0 Å². The van der Waals surface area contributed by atoms with Gasteiger partial charge in [-0.25, -0.2) is 0 Å². The number of benzene rings is 1. The standard InChI is InChI=1S/C20H31NO3/c1-7-24-18-10-8-17(12-19(18)23-6)9-11-20(22)21(13-15(2)3)14-16(4)5/h8-12,15-16H,7,13-14H2,1-6H3. The zero-order valence-electron chi connectivity index (χ0n) is 15.8. The molecule has 4 nitrogen and oxygen atoms in total. The Morgan fingerprint density at radius 3 is 2.25 bits per heavy atom. The highest BCUT2D eigenvalue weighted by Gasteiger charge is 2.14. The van der Waals surface area contributed by atoms with E-state index in [-0.39, 0.29) is 5.91 Å². The predicted molar refractivity (Wildman–Crippen MR) is 99.5 cm³/mol. The van der Waals surface area contributed by atoms with Crippen LogP contribution in [0.15, 0.2) is 24.3 Å². The van der Waals surface area contributed by atoms with Crippen molar-refractivity contribution in [3.05, 3.63) is 29.8 Å². The second-order valence-electron chi connectivity index (χ2n) is 6.71. The van der Waals surface area contributed by atoms with Gasteiger partial charge in [0, 0.05) is 19.2 Å². The van der Waals surface area contributed by atoms with Gasteiger partial charge in [0.25, 0.3) is 0 Å². The zero-order chi connectivity index (χ0) is 18.1. The molecule has 0 N–H and O–H groups in total. The van der Waals surface area contributed by atoms with Gasteiger partial charge in [-0.05, 0) is 42.5 Å². The lowest BCUT2D eigenvalue weighted by molar-refractivity contribution is -0.127. The first-order valence-corrected chi connectivity index (χ1v) is 8.65. The Hall–Kier alpha value is -1.97. The molecule has 24 heavy (non-hydrogen) atoms. The Labute approximate surface area is 146 Å². The molecule has 0 saturated carbocycles. The maximum absolute atomic E-state index is 12.5. The van der Waals surface area contributed by atoms with Crippen LogP contribution >= 0.6 is 0 Å². The van der Waals surface area contributed by atoms with Crippen molar-refractivity contribution in [1.29, 1.82) is 0 Å². The molecule has 1 aromatic carbocycles. The van der Waals surface area contributed by atoms with E-state index in [0.29, 0.717) is 29.9 Å². The van der Waals surface area contributed by atoms with Crippen LogP contribution in [0.4, 0.5) is 0 Å². The molecule has 1 amide bonds. The lowest BCUT2D eigenvalue weighted by Crippen LogP contribution is -2.35. The van der Waals surface area contributed by atoms with E-state index in [1.165, 1.54) is 0 Å². The topological polar surface area (TPSA) is 38.8 Å². The van der Waals surface area contributed by atoms with Crippen LogP contribution in [0, 0.1) is 11.8 Å². The molecular weight excluding hydrogens is 302 g/mol. The monoisotopic (exact) mass is 333 g/mol. The summed E-state index contributed by atoms with van der Waals surface area (Å²) in [6.07, 6.45) is 3.47. The van der Waals surface area contributed by atoms with Gasteiger partial charge in [-0.3, -0.25) is 4.79 Å². The van der Waals surface area contributed by atoms with Crippen LogP contribution in [0.1, 0.15) is 40.2 Å². The molecule has 4 heteroatoms. The predicted octanol–water partition coefficient (Wildman–Crippen LogP) is 4.25. The first-order valence-electron chi connectivity index (χ1n) is 8.65. The zero-order valence-corrected chi connectivity index (χ0v) is 15.8. The lowest BCUT2D eigenvalue weighted by atomic mass is 10.1. The number of amides is 1. The molecule has 0 aliphatic carbocycles. The minimum Gasteiger partial charge on any atom is -0.493 e.